The monoisotopic (exact) mass is 163 g/mol. The summed E-state index contributed by atoms with van der Waals surface area (Å²) in [6.45, 7) is 8.21. The number of rotatable bonds is 1. The van der Waals surface area contributed by atoms with Gasteiger partial charge in [0, 0.05) is 6.92 Å². The van der Waals surface area contributed by atoms with Crippen LogP contribution >= 0.6 is 0 Å². The van der Waals surface area contributed by atoms with Gasteiger partial charge < -0.3 is 10.8 Å². The molecular formula is C8H21NO2. The van der Waals surface area contributed by atoms with E-state index in [2.05, 4.69) is 20.8 Å². The van der Waals surface area contributed by atoms with Crippen molar-refractivity contribution in [2.75, 3.05) is 6.54 Å². The van der Waals surface area contributed by atoms with E-state index in [-0.39, 0.29) is 0 Å². The molecule has 0 aromatic carbocycles. The Labute approximate surface area is 69.6 Å². The van der Waals surface area contributed by atoms with E-state index in [1.807, 2.05) is 0 Å². The molecule has 0 radical (unpaired) electrons. The first-order valence-corrected chi connectivity index (χ1v) is 3.96. The molecule has 0 amide bonds. The molecule has 11 heavy (non-hydrogen) atoms. The number of aliphatic carboxylic acids is 1. The van der Waals surface area contributed by atoms with Crippen molar-refractivity contribution in [2.45, 2.75) is 40.5 Å². The molecule has 0 saturated heterocycles. The van der Waals surface area contributed by atoms with Crippen LogP contribution in [0.15, 0.2) is 0 Å². The van der Waals surface area contributed by atoms with E-state index in [4.69, 9.17) is 15.6 Å². The van der Waals surface area contributed by atoms with Gasteiger partial charge in [-0.25, -0.2) is 0 Å². The van der Waals surface area contributed by atoms with Crippen molar-refractivity contribution in [2.24, 2.45) is 5.73 Å². The lowest BCUT2D eigenvalue weighted by Gasteiger charge is -1.70. The predicted molar refractivity (Wildman–Crippen MR) is 48.6 cm³/mol. The molecule has 0 unspecified atom stereocenters. The third-order valence-corrected chi connectivity index (χ3v) is 0.289. The normalized spacial score (nSPS) is 6.64. The van der Waals surface area contributed by atoms with Crippen LogP contribution in [-0.2, 0) is 4.79 Å². The lowest BCUT2D eigenvalue weighted by molar-refractivity contribution is -0.134. The van der Waals surface area contributed by atoms with Crippen LogP contribution in [0.5, 0.6) is 0 Å². The highest BCUT2D eigenvalue weighted by Gasteiger charge is 1.65. The third kappa shape index (κ3) is 2820. The Bertz CT molecular complexity index is 59.1. The average Bonchev–Trinajstić information content (AvgIpc) is 1.88. The van der Waals surface area contributed by atoms with Gasteiger partial charge >= 0.3 is 0 Å². The Morgan fingerprint density at radius 1 is 1.36 bits per heavy atom. The quantitative estimate of drug-likeness (QED) is 0.620. The van der Waals surface area contributed by atoms with Gasteiger partial charge in [0.1, 0.15) is 0 Å². The topological polar surface area (TPSA) is 63.3 Å². The highest BCUT2D eigenvalue weighted by Crippen LogP contribution is 1.57. The first kappa shape index (κ1) is 16.8. The summed E-state index contributed by atoms with van der Waals surface area (Å²) in [5.41, 5.74) is 5.03. The van der Waals surface area contributed by atoms with Gasteiger partial charge in [0.15, 0.2) is 0 Å². The number of carbonyl (C=O) groups is 1. The second kappa shape index (κ2) is 22.7. The lowest BCUT2D eigenvalue weighted by Crippen LogP contribution is -1.93. The van der Waals surface area contributed by atoms with Crippen LogP contribution in [0.2, 0.25) is 0 Å². The van der Waals surface area contributed by atoms with Crippen molar-refractivity contribution in [1.82, 2.24) is 0 Å². The Hall–Kier alpha value is -0.570. The predicted octanol–water partition coefficient (Wildman–Crippen LogP) is 1.86. The van der Waals surface area contributed by atoms with E-state index in [1.54, 1.807) is 0 Å². The molecule has 3 heteroatoms. The van der Waals surface area contributed by atoms with E-state index in [0.717, 1.165) is 19.9 Å². The zero-order chi connectivity index (χ0) is 9.70. The van der Waals surface area contributed by atoms with E-state index < -0.39 is 5.97 Å². The SMILES string of the molecule is CC(=O)O.CCC.CCCN. The molecule has 0 fully saturated rings. The fraction of sp³-hybridized carbons (Fsp3) is 0.875. The summed E-state index contributed by atoms with van der Waals surface area (Å²) in [7, 11) is 0. The summed E-state index contributed by atoms with van der Waals surface area (Å²) in [5, 5.41) is 7.42. The Morgan fingerprint density at radius 2 is 1.45 bits per heavy atom. The fourth-order valence-corrected chi connectivity index (χ4v) is 0. The third-order valence-electron chi connectivity index (χ3n) is 0.289. The summed E-state index contributed by atoms with van der Waals surface area (Å²) in [5.74, 6) is -0.833. The van der Waals surface area contributed by atoms with Crippen molar-refractivity contribution in [3.63, 3.8) is 0 Å². The maximum absolute atomic E-state index is 9.00. The van der Waals surface area contributed by atoms with Crippen molar-refractivity contribution < 1.29 is 9.90 Å². The molecular weight excluding hydrogens is 142 g/mol. The molecule has 0 aliphatic heterocycles. The van der Waals surface area contributed by atoms with Crippen molar-refractivity contribution in [3.8, 4) is 0 Å². The highest BCUT2D eigenvalue weighted by molar-refractivity contribution is 5.62. The summed E-state index contributed by atoms with van der Waals surface area (Å²) in [6.07, 6.45) is 2.35. The van der Waals surface area contributed by atoms with Gasteiger partial charge in [-0.2, -0.15) is 0 Å². The highest BCUT2D eigenvalue weighted by atomic mass is 16.4. The van der Waals surface area contributed by atoms with E-state index in [1.165, 1.54) is 6.42 Å². The zero-order valence-electron chi connectivity index (χ0n) is 8.05. The summed E-state index contributed by atoms with van der Waals surface area (Å²) >= 11 is 0. The van der Waals surface area contributed by atoms with Crippen molar-refractivity contribution in [3.05, 3.63) is 0 Å². The molecule has 0 saturated carbocycles. The summed E-state index contributed by atoms with van der Waals surface area (Å²) < 4.78 is 0. The van der Waals surface area contributed by atoms with Crippen LogP contribution in [0, 0.1) is 0 Å². The largest absolute Gasteiger partial charge is 0.481 e. The van der Waals surface area contributed by atoms with E-state index in [0.29, 0.717) is 0 Å². The number of carboxylic acid groups (broad SMARTS) is 1. The van der Waals surface area contributed by atoms with Crippen LogP contribution in [0.3, 0.4) is 0 Å². The van der Waals surface area contributed by atoms with E-state index in [9.17, 15) is 0 Å². The second-order valence-electron chi connectivity index (χ2n) is 2.01. The van der Waals surface area contributed by atoms with Crippen LogP contribution in [0.25, 0.3) is 0 Å². The standard InChI is InChI=1S/C3H9N.C3H8.C2H4O2/c1-2-3-4;1-3-2;1-2(3)4/h2-4H2,1H3;3H2,1-2H3;1H3,(H,3,4). The number of carboxylic acids is 1. The van der Waals surface area contributed by atoms with Gasteiger partial charge in [-0.05, 0) is 13.0 Å². The van der Waals surface area contributed by atoms with Gasteiger partial charge in [-0.15, -0.1) is 0 Å². The van der Waals surface area contributed by atoms with Gasteiger partial charge in [0.25, 0.3) is 5.97 Å². The molecule has 3 nitrogen and oxygen atoms in total. The van der Waals surface area contributed by atoms with Gasteiger partial charge in [-0.1, -0.05) is 27.2 Å². The Kier molecular flexibility index (Phi) is 34.7. The lowest BCUT2D eigenvalue weighted by atomic mass is 10.5. The van der Waals surface area contributed by atoms with Crippen molar-refractivity contribution in [1.29, 1.82) is 0 Å². The number of hydrogen-bond donors (Lipinski definition) is 2. The summed E-state index contributed by atoms with van der Waals surface area (Å²) in [4.78, 5) is 9.00. The van der Waals surface area contributed by atoms with Crippen LogP contribution in [-0.4, -0.2) is 17.6 Å². The van der Waals surface area contributed by atoms with E-state index >= 15 is 0 Å². The maximum Gasteiger partial charge on any atom is 0.300 e. The molecule has 3 N–H and O–H groups in total. The first-order valence-electron chi connectivity index (χ1n) is 3.96. The molecule has 0 aromatic heterocycles. The number of hydrogen-bond acceptors (Lipinski definition) is 2. The molecule has 0 aromatic rings. The molecule has 70 valence electrons. The Balaban J connectivity index is -0.0000000886. The van der Waals surface area contributed by atoms with Gasteiger partial charge in [0.2, 0.25) is 0 Å². The minimum absolute atomic E-state index is 0.819. The van der Waals surface area contributed by atoms with Crippen LogP contribution < -0.4 is 5.73 Å². The van der Waals surface area contributed by atoms with Crippen LogP contribution in [0.1, 0.15) is 40.5 Å². The van der Waals surface area contributed by atoms with Gasteiger partial charge in [0.05, 0.1) is 0 Å². The first-order chi connectivity index (χ1) is 5.06. The average molecular weight is 163 g/mol. The number of nitrogens with two attached hydrogens (primary N) is 1. The van der Waals surface area contributed by atoms with Gasteiger partial charge in [-0.3, -0.25) is 4.79 Å². The maximum atomic E-state index is 9.00. The summed E-state index contributed by atoms with van der Waals surface area (Å²) in [6, 6.07) is 0. The second-order valence-corrected chi connectivity index (χ2v) is 2.01. The molecule has 0 aliphatic rings. The molecule has 0 heterocycles. The minimum Gasteiger partial charge on any atom is -0.481 e. The Morgan fingerprint density at radius 3 is 1.45 bits per heavy atom. The van der Waals surface area contributed by atoms with Crippen LogP contribution in [0.4, 0.5) is 0 Å². The molecule has 0 bridgehead atoms. The molecule has 0 aliphatic carbocycles. The molecule has 0 atom stereocenters. The minimum atomic E-state index is -0.833. The van der Waals surface area contributed by atoms with Crippen molar-refractivity contribution >= 4 is 5.97 Å². The fourth-order valence-electron chi connectivity index (χ4n) is 0. The zero-order valence-corrected chi connectivity index (χ0v) is 8.05. The molecule has 0 rings (SSSR count). The molecule has 0 spiro atoms. The smallest absolute Gasteiger partial charge is 0.300 e.